The zero-order valence-corrected chi connectivity index (χ0v) is 12.1. The van der Waals surface area contributed by atoms with E-state index in [9.17, 15) is 9.59 Å². The molecule has 1 amide bonds. The van der Waals surface area contributed by atoms with E-state index in [4.69, 9.17) is 5.11 Å². The Balaban J connectivity index is 2.05. The summed E-state index contributed by atoms with van der Waals surface area (Å²) in [5.41, 5.74) is 0. The number of hydrogen-bond donors (Lipinski definition) is 2. The van der Waals surface area contributed by atoms with Crippen LogP contribution in [0.2, 0.25) is 0 Å². The summed E-state index contributed by atoms with van der Waals surface area (Å²) in [5, 5.41) is 13.6. The van der Waals surface area contributed by atoms with Gasteiger partial charge >= 0.3 is 5.97 Å². The number of aliphatic carboxylic acids is 1. The molecule has 0 fully saturated rings. The largest absolute Gasteiger partial charge is 0.481 e. The first-order valence-corrected chi connectivity index (χ1v) is 7.79. The molecule has 0 aliphatic heterocycles. The van der Waals surface area contributed by atoms with Gasteiger partial charge in [-0.15, -0.1) is 22.7 Å². The second kappa shape index (κ2) is 6.16. The lowest BCUT2D eigenvalue weighted by atomic mass is 10.1. The molecular weight excluding hydrogens is 282 g/mol. The molecule has 0 saturated heterocycles. The van der Waals surface area contributed by atoms with Crippen molar-refractivity contribution in [2.45, 2.75) is 32.2 Å². The van der Waals surface area contributed by atoms with Crippen LogP contribution in [0.4, 0.5) is 0 Å². The van der Waals surface area contributed by atoms with E-state index >= 15 is 0 Å². The second-order valence-corrected chi connectivity index (χ2v) is 6.35. The monoisotopic (exact) mass is 297 g/mol. The Bertz CT molecular complexity index is 559. The first-order valence-electron chi connectivity index (χ1n) is 6.10. The number of fused-ring (bicyclic) bond motifs is 1. The molecule has 2 aromatic heterocycles. The molecule has 2 rings (SSSR count). The minimum atomic E-state index is -0.883. The van der Waals surface area contributed by atoms with Gasteiger partial charge in [0.1, 0.15) is 0 Å². The summed E-state index contributed by atoms with van der Waals surface area (Å²) in [6.45, 7) is 1.97. The standard InChI is InChI=1S/C13H15NO3S2/c1-2-3-8(6-12(15)16)14-13(17)11-7-10-9(19-11)4-5-18-10/h4-5,7-8H,2-3,6H2,1H3,(H,14,17)(H,15,16). The van der Waals surface area contributed by atoms with Crippen LogP contribution in [-0.4, -0.2) is 23.0 Å². The molecule has 0 bridgehead atoms. The van der Waals surface area contributed by atoms with Gasteiger partial charge in [-0.25, -0.2) is 0 Å². The molecule has 0 radical (unpaired) electrons. The normalized spacial score (nSPS) is 12.5. The van der Waals surface area contributed by atoms with Crippen LogP contribution in [0.1, 0.15) is 35.9 Å². The van der Waals surface area contributed by atoms with Crippen LogP contribution in [0.25, 0.3) is 9.40 Å². The average molecular weight is 297 g/mol. The van der Waals surface area contributed by atoms with Gasteiger partial charge in [-0.2, -0.15) is 0 Å². The lowest BCUT2D eigenvalue weighted by Gasteiger charge is -2.15. The minimum absolute atomic E-state index is 0.0285. The maximum Gasteiger partial charge on any atom is 0.305 e. The third-order valence-corrected chi connectivity index (χ3v) is 4.85. The molecule has 1 atom stereocenters. The maximum absolute atomic E-state index is 12.1. The third-order valence-electron chi connectivity index (χ3n) is 2.76. The summed E-state index contributed by atoms with van der Waals surface area (Å²) >= 11 is 3.04. The van der Waals surface area contributed by atoms with Gasteiger partial charge in [0.05, 0.1) is 11.3 Å². The van der Waals surface area contributed by atoms with Crippen LogP contribution in [0.3, 0.4) is 0 Å². The summed E-state index contributed by atoms with van der Waals surface area (Å²) in [6.07, 6.45) is 1.49. The van der Waals surface area contributed by atoms with Crippen molar-refractivity contribution >= 4 is 43.9 Å². The van der Waals surface area contributed by atoms with Crippen LogP contribution in [0.5, 0.6) is 0 Å². The smallest absolute Gasteiger partial charge is 0.305 e. The summed E-state index contributed by atoms with van der Waals surface area (Å²) in [6, 6.07) is 3.56. The van der Waals surface area contributed by atoms with Crippen LogP contribution in [-0.2, 0) is 4.79 Å². The van der Waals surface area contributed by atoms with Crippen LogP contribution < -0.4 is 5.32 Å². The molecule has 0 aliphatic rings. The zero-order valence-electron chi connectivity index (χ0n) is 10.5. The Kier molecular flexibility index (Phi) is 4.55. The number of carboxylic acid groups (broad SMARTS) is 1. The second-order valence-electron chi connectivity index (χ2n) is 4.32. The fraction of sp³-hybridized carbons (Fsp3) is 0.385. The van der Waals surface area contributed by atoms with Crippen molar-refractivity contribution < 1.29 is 14.7 Å². The molecule has 0 spiro atoms. The van der Waals surface area contributed by atoms with E-state index in [1.54, 1.807) is 11.3 Å². The van der Waals surface area contributed by atoms with Crippen molar-refractivity contribution in [2.75, 3.05) is 0 Å². The number of amides is 1. The van der Waals surface area contributed by atoms with E-state index in [0.717, 1.165) is 15.8 Å². The number of thiophene rings is 2. The summed E-state index contributed by atoms with van der Waals surface area (Å²) in [5.74, 6) is -1.06. The van der Waals surface area contributed by atoms with Gasteiger partial charge < -0.3 is 10.4 Å². The predicted molar refractivity (Wildman–Crippen MR) is 78.1 cm³/mol. The quantitative estimate of drug-likeness (QED) is 0.859. The van der Waals surface area contributed by atoms with Crippen molar-refractivity contribution in [3.05, 3.63) is 22.4 Å². The van der Waals surface area contributed by atoms with E-state index in [1.165, 1.54) is 11.3 Å². The van der Waals surface area contributed by atoms with Crippen LogP contribution >= 0.6 is 22.7 Å². The molecular formula is C13H15NO3S2. The fourth-order valence-electron chi connectivity index (χ4n) is 1.92. The summed E-state index contributed by atoms with van der Waals surface area (Å²) < 4.78 is 2.20. The van der Waals surface area contributed by atoms with E-state index in [0.29, 0.717) is 11.3 Å². The molecule has 4 nitrogen and oxygen atoms in total. The number of carboxylic acids is 1. The molecule has 2 heterocycles. The number of nitrogens with one attached hydrogen (secondary N) is 1. The van der Waals surface area contributed by atoms with Crippen molar-refractivity contribution in [1.82, 2.24) is 5.32 Å². The SMILES string of the molecule is CCCC(CC(=O)O)NC(=O)c1cc2sccc2s1. The van der Waals surface area contributed by atoms with Gasteiger partial charge in [-0.1, -0.05) is 13.3 Å². The highest BCUT2D eigenvalue weighted by Crippen LogP contribution is 2.29. The van der Waals surface area contributed by atoms with Gasteiger partial charge in [0.25, 0.3) is 5.91 Å². The highest BCUT2D eigenvalue weighted by molar-refractivity contribution is 7.27. The molecule has 0 aliphatic carbocycles. The van der Waals surface area contributed by atoms with E-state index < -0.39 is 5.97 Å². The molecule has 0 aromatic carbocycles. The van der Waals surface area contributed by atoms with Crippen molar-refractivity contribution in [1.29, 1.82) is 0 Å². The van der Waals surface area contributed by atoms with E-state index in [1.807, 2.05) is 24.4 Å². The van der Waals surface area contributed by atoms with Gasteiger partial charge in [0.15, 0.2) is 0 Å². The van der Waals surface area contributed by atoms with Crippen molar-refractivity contribution in [3.8, 4) is 0 Å². The third kappa shape index (κ3) is 3.54. The molecule has 6 heteroatoms. The molecule has 1 unspecified atom stereocenters. The van der Waals surface area contributed by atoms with Gasteiger partial charge in [0, 0.05) is 15.4 Å². The minimum Gasteiger partial charge on any atom is -0.481 e. The highest BCUT2D eigenvalue weighted by atomic mass is 32.1. The molecule has 2 aromatic rings. The first kappa shape index (κ1) is 14.0. The van der Waals surface area contributed by atoms with Crippen molar-refractivity contribution in [2.24, 2.45) is 0 Å². The number of carbonyl (C=O) groups excluding carboxylic acids is 1. The Labute approximate surface area is 119 Å². The Hall–Kier alpha value is -1.40. The van der Waals surface area contributed by atoms with Gasteiger partial charge in [-0.3, -0.25) is 9.59 Å². The summed E-state index contributed by atoms with van der Waals surface area (Å²) in [4.78, 5) is 23.5. The van der Waals surface area contributed by atoms with E-state index in [-0.39, 0.29) is 18.4 Å². The van der Waals surface area contributed by atoms with Crippen molar-refractivity contribution in [3.63, 3.8) is 0 Å². The topological polar surface area (TPSA) is 66.4 Å². The lowest BCUT2D eigenvalue weighted by Crippen LogP contribution is -2.36. The molecule has 102 valence electrons. The maximum atomic E-state index is 12.1. The van der Waals surface area contributed by atoms with E-state index in [2.05, 4.69) is 5.32 Å². The zero-order chi connectivity index (χ0) is 13.8. The Morgan fingerprint density at radius 1 is 1.42 bits per heavy atom. The van der Waals surface area contributed by atoms with Gasteiger partial charge in [0.2, 0.25) is 0 Å². The average Bonchev–Trinajstić information content (AvgIpc) is 2.87. The molecule has 2 N–H and O–H groups in total. The molecule has 0 saturated carbocycles. The fourth-order valence-corrected chi connectivity index (χ4v) is 3.93. The Morgan fingerprint density at radius 3 is 2.84 bits per heavy atom. The number of carbonyl (C=O) groups is 2. The van der Waals surface area contributed by atoms with Gasteiger partial charge in [-0.05, 0) is 23.9 Å². The first-order chi connectivity index (χ1) is 9.10. The van der Waals surface area contributed by atoms with Crippen LogP contribution in [0.15, 0.2) is 17.5 Å². The van der Waals surface area contributed by atoms with Crippen LogP contribution in [0, 0.1) is 0 Å². The molecule has 19 heavy (non-hydrogen) atoms. The Morgan fingerprint density at radius 2 is 2.21 bits per heavy atom. The number of hydrogen-bond acceptors (Lipinski definition) is 4. The highest BCUT2D eigenvalue weighted by Gasteiger charge is 2.18. The predicted octanol–water partition coefficient (Wildman–Crippen LogP) is 3.34. The summed E-state index contributed by atoms with van der Waals surface area (Å²) in [7, 11) is 0. The number of rotatable bonds is 6. The lowest BCUT2D eigenvalue weighted by molar-refractivity contribution is -0.137.